The van der Waals surface area contributed by atoms with Crippen molar-refractivity contribution in [2.24, 2.45) is 0 Å². The lowest BCUT2D eigenvalue weighted by molar-refractivity contribution is -0.135. The number of carbonyl (C=O) groups excluding carboxylic acids is 2. The molecule has 1 aromatic carbocycles. The molecule has 0 atom stereocenters. The molecule has 0 radical (unpaired) electrons. The number of ether oxygens (including phenoxy) is 2. The van der Waals surface area contributed by atoms with Crippen LogP contribution in [-0.4, -0.2) is 25.5 Å². The third-order valence-corrected chi connectivity index (χ3v) is 2.19. The number of para-hydroxylation sites is 1. The molecule has 0 amide bonds. The summed E-state index contributed by atoms with van der Waals surface area (Å²) in [6, 6.07) is 6.62. The molecular formula is C14H14O4. The van der Waals surface area contributed by atoms with E-state index >= 15 is 0 Å². The number of hydrogen-bond donors (Lipinski definition) is 0. The molecule has 0 unspecified atom stereocenters. The van der Waals surface area contributed by atoms with Crippen LogP contribution in [0.1, 0.15) is 10.4 Å². The second-order valence-corrected chi connectivity index (χ2v) is 3.40. The first-order valence-corrected chi connectivity index (χ1v) is 5.26. The minimum atomic E-state index is -0.751. The normalized spacial score (nSPS) is 9.39. The van der Waals surface area contributed by atoms with Gasteiger partial charge in [-0.2, -0.15) is 0 Å². The highest BCUT2D eigenvalue weighted by atomic mass is 16.5. The molecule has 0 aliphatic carbocycles. The molecule has 0 fully saturated rings. The Hall–Kier alpha value is -2.36. The molecule has 0 saturated heterocycles. The van der Waals surface area contributed by atoms with E-state index in [-0.39, 0.29) is 17.7 Å². The van der Waals surface area contributed by atoms with Crippen LogP contribution in [0.2, 0.25) is 0 Å². The van der Waals surface area contributed by atoms with Gasteiger partial charge < -0.3 is 9.47 Å². The van der Waals surface area contributed by atoms with Gasteiger partial charge in [0.2, 0.25) is 5.78 Å². The third-order valence-electron chi connectivity index (χ3n) is 2.19. The highest BCUT2D eigenvalue weighted by Gasteiger charge is 2.20. The van der Waals surface area contributed by atoms with Crippen molar-refractivity contribution in [2.45, 2.75) is 0 Å². The topological polar surface area (TPSA) is 52.6 Å². The highest BCUT2D eigenvalue weighted by Crippen LogP contribution is 2.21. The maximum Gasteiger partial charge on any atom is 0.341 e. The van der Waals surface area contributed by atoms with Crippen molar-refractivity contribution in [1.29, 1.82) is 0 Å². The van der Waals surface area contributed by atoms with Crippen LogP contribution in [0.15, 0.2) is 49.1 Å². The Bertz CT molecular complexity index is 488. The number of ketones is 1. The number of rotatable bonds is 6. The van der Waals surface area contributed by atoms with Gasteiger partial charge in [-0.15, -0.1) is 0 Å². The summed E-state index contributed by atoms with van der Waals surface area (Å²) in [6.45, 7) is 7.22. The van der Waals surface area contributed by atoms with E-state index in [2.05, 4.69) is 17.9 Å². The molecule has 0 aromatic heterocycles. The van der Waals surface area contributed by atoms with Crippen LogP contribution in [0.5, 0.6) is 5.75 Å². The summed E-state index contributed by atoms with van der Waals surface area (Å²) in [5.74, 6) is -0.882. The van der Waals surface area contributed by atoms with Crippen LogP contribution >= 0.6 is 0 Å². The van der Waals surface area contributed by atoms with Crippen molar-refractivity contribution in [3.05, 3.63) is 54.6 Å². The Morgan fingerprint density at radius 3 is 2.61 bits per heavy atom. The number of hydrogen-bond acceptors (Lipinski definition) is 4. The molecule has 0 N–H and O–H groups in total. The van der Waals surface area contributed by atoms with Crippen LogP contribution in [0.4, 0.5) is 0 Å². The second-order valence-electron chi connectivity index (χ2n) is 3.40. The van der Waals surface area contributed by atoms with Gasteiger partial charge in [-0.25, -0.2) is 4.79 Å². The first-order chi connectivity index (χ1) is 8.61. The maximum absolute atomic E-state index is 12.0. The molecule has 1 rings (SSSR count). The van der Waals surface area contributed by atoms with E-state index in [0.29, 0.717) is 5.75 Å². The summed E-state index contributed by atoms with van der Waals surface area (Å²) >= 11 is 0. The molecule has 0 heterocycles. The van der Waals surface area contributed by atoms with Crippen LogP contribution < -0.4 is 4.74 Å². The molecular weight excluding hydrogens is 232 g/mol. The monoisotopic (exact) mass is 246 g/mol. The lowest BCUT2D eigenvalue weighted by Crippen LogP contribution is -2.14. The first-order valence-electron chi connectivity index (χ1n) is 5.26. The molecule has 4 nitrogen and oxygen atoms in total. The van der Waals surface area contributed by atoms with Crippen molar-refractivity contribution in [1.82, 2.24) is 0 Å². The Balaban J connectivity index is 3.01. The van der Waals surface area contributed by atoms with Crippen LogP contribution in [0, 0.1) is 0 Å². The van der Waals surface area contributed by atoms with Crippen molar-refractivity contribution in [3.8, 4) is 5.75 Å². The van der Waals surface area contributed by atoms with Gasteiger partial charge in [0.1, 0.15) is 17.9 Å². The van der Waals surface area contributed by atoms with E-state index in [1.807, 2.05) is 0 Å². The van der Waals surface area contributed by atoms with Gasteiger partial charge in [-0.1, -0.05) is 31.4 Å². The van der Waals surface area contributed by atoms with E-state index in [1.165, 1.54) is 7.11 Å². The Labute approximate surface area is 106 Å². The molecule has 4 heteroatoms. The van der Waals surface area contributed by atoms with Gasteiger partial charge >= 0.3 is 5.97 Å². The average Bonchev–Trinajstić information content (AvgIpc) is 2.42. The number of benzene rings is 1. The van der Waals surface area contributed by atoms with Crippen molar-refractivity contribution in [3.63, 3.8) is 0 Å². The van der Waals surface area contributed by atoms with Crippen molar-refractivity contribution in [2.75, 3.05) is 13.7 Å². The van der Waals surface area contributed by atoms with Crippen LogP contribution in [0.3, 0.4) is 0 Å². The van der Waals surface area contributed by atoms with Gasteiger partial charge in [0.05, 0.1) is 12.7 Å². The fourth-order valence-electron chi connectivity index (χ4n) is 1.31. The number of carbonyl (C=O) groups is 2. The smallest absolute Gasteiger partial charge is 0.341 e. The van der Waals surface area contributed by atoms with E-state index in [9.17, 15) is 9.59 Å². The zero-order chi connectivity index (χ0) is 13.5. The fourth-order valence-corrected chi connectivity index (χ4v) is 1.31. The first kappa shape index (κ1) is 13.7. The zero-order valence-corrected chi connectivity index (χ0v) is 10.1. The summed E-state index contributed by atoms with van der Waals surface area (Å²) < 4.78 is 9.80. The maximum atomic E-state index is 12.0. The van der Waals surface area contributed by atoms with Crippen molar-refractivity contribution >= 4 is 11.8 Å². The summed E-state index contributed by atoms with van der Waals surface area (Å²) in [7, 11) is 1.20. The number of methoxy groups -OCH3 is 1. The molecule has 0 bridgehead atoms. The van der Waals surface area contributed by atoms with Gasteiger partial charge in [0.15, 0.2) is 0 Å². The number of esters is 1. The summed E-state index contributed by atoms with van der Waals surface area (Å²) in [5.41, 5.74) is 0.0434. The summed E-state index contributed by atoms with van der Waals surface area (Å²) in [4.78, 5) is 23.3. The quantitative estimate of drug-likeness (QED) is 0.193. The predicted octanol–water partition coefficient (Wildman–Crippen LogP) is 2.16. The minimum absolute atomic E-state index is 0.229. The van der Waals surface area contributed by atoms with E-state index in [0.717, 1.165) is 0 Å². The van der Waals surface area contributed by atoms with Crippen LogP contribution in [-0.2, 0) is 9.53 Å². The zero-order valence-electron chi connectivity index (χ0n) is 10.1. The van der Waals surface area contributed by atoms with E-state index in [4.69, 9.17) is 4.74 Å². The molecule has 18 heavy (non-hydrogen) atoms. The molecule has 0 saturated carbocycles. The molecule has 0 aliphatic heterocycles. The SMILES string of the molecule is C=CCOc1ccccc1C(=O)C(=C)C(=O)OC. The highest BCUT2D eigenvalue weighted by molar-refractivity contribution is 6.24. The average molecular weight is 246 g/mol. The minimum Gasteiger partial charge on any atom is -0.489 e. The molecule has 0 aliphatic rings. The van der Waals surface area contributed by atoms with Gasteiger partial charge in [-0.05, 0) is 12.1 Å². The lowest BCUT2D eigenvalue weighted by Gasteiger charge is -2.09. The van der Waals surface area contributed by atoms with Crippen LogP contribution in [0.25, 0.3) is 0 Å². The molecule has 94 valence electrons. The van der Waals surface area contributed by atoms with E-state index < -0.39 is 11.8 Å². The Morgan fingerprint density at radius 2 is 2.00 bits per heavy atom. The predicted molar refractivity (Wildman–Crippen MR) is 67.6 cm³/mol. The van der Waals surface area contributed by atoms with Gasteiger partial charge in [0.25, 0.3) is 0 Å². The van der Waals surface area contributed by atoms with Gasteiger partial charge in [0, 0.05) is 0 Å². The summed E-state index contributed by atoms with van der Waals surface area (Å²) in [5, 5.41) is 0. The summed E-state index contributed by atoms with van der Waals surface area (Å²) in [6.07, 6.45) is 1.57. The standard InChI is InChI=1S/C14H14O4/c1-4-9-18-12-8-6-5-7-11(12)13(15)10(2)14(16)17-3/h4-8H,1-2,9H2,3H3. The number of Topliss-reactive ketones (excluding diaryl/α,β-unsaturated/α-hetero) is 1. The third kappa shape index (κ3) is 3.07. The van der Waals surface area contributed by atoms with Gasteiger partial charge in [-0.3, -0.25) is 4.79 Å². The second kappa shape index (κ2) is 6.39. The lowest BCUT2D eigenvalue weighted by atomic mass is 10.0. The van der Waals surface area contributed by atoms with Crippen molar-refractivity contribution < 1.29 is 19.1 Å². The largest absolute Gasteiger partial charge is 0.489 e. The Morgan fingerprint density at radius 1 is 1.33 bits per heavy atom. The Kier molecular flexibility index (Phi) is 4.87. The fraction of sp³-hybridized carbons (Fsp3) is 0.143. The molecule has 1 aromatic rings. The molecule has 0 spiro atoms. The van der Waals surface area contributed by atoms with E-state index in [1.54, 1.807) is 30.3 Å².